The molecule has 0 saturated carbocycles. The van der Waals surface area contributed by atoms with Gasteiger partial charge in [0.05, 0.1) is 5.52 Å². The molecule has 0 atom stereocenters. The molecule has 1 N–H and O–H groups in total. The summed E-state index contributed by atoms with van der Waals surface area (Å²) in [5, 5.41) is 14.5. The molecule has 2 heterocycles. The number of fused-ring (bicyclic) bond motifs is 1. The molecule has 0 spiro atoms. The lowest BCUT2D eigenvalue weighted by molar-refractivity contribution is 0.296. The van der Waals surface area contributed by atoms with Crippen molar-refractivity contribution in [2.24, 2.45) is 0 Å². The number of nitrogens with zero attached hydrogens (tertiary/aromatic N) is 4. The highest BCUT2D eigenvalue weighted by atomic mass is 16.5. The highest BCUT2D eigenvalue weighted by Crippen LogP contribution is 2.19. The highest BCUT2D eigenvalue weighted by molar-refractivity contribution is 5.79. The molecular weight excluding hydrogens is 218 g/mol. The van der Waals surface area contributed by atoms with Crippen molar-refractivity contribution in [1.29, 1.82) is 0 Å². The number of benzene rings is 1. The van der Waals surface area contributed by atoms with Gasteiger partial charge in [-0.15, -0.1) is 10.2 Å². The van der Waals surface area contributed by atoms with Crippen LogP contribution in [0, 0.1) is 0 Å². The van der Waals surface area contributed by atoms with Crippen LogP contribution in [0.1, 0.15) is 5.82 Å². The van der Waals surface area contributed by atoms with E-state index in [-0.39, 0.29) is 0 Å². The first-order chi connectivity index (χ1) is 8.42. The molecule has 0 amide bonds. The van der Waals surface area contributed by atoms with Crippen molar-refractivity contribution in [2.45, 2.75) is 6.61 Å². The molecule has 0 bridgehead atoms. The third-order valence-corrected chi connectivity index (χ3v) is 2.33. The van der Waals surface area contributed by atoms with E-state index >= 15 is 0 Å². The Morgan fingerprint density at radius 3 is 3.12 bits per heavy atom. The molecule has 0 aliphatic carbocycles. The standard InChI is InChI=1S/C11H9N5O/c1-2-8-6-9(3-4-10(8)12-5-1)17-7-11-13-15-16-14-11/h1-6H,7H2,(H,13,14,15,16). The zero-order valence-corrected chi connectivity index (χ0v) is 8.87. The number of ether oxygens (including phenoxy) is 1. The van der Waals surface area contributed by atoms with E-state index in [1.54, 1.807) is 6.20 Å². The van der Waals surface area contributed by atoms with E-state index in [9.17, 15) is 0 Å². The summed E-state index contributed by atoms with van der Waals surface area (Å²) in [7, 11) is 0. The van der Waals surface area contributed by atoms with E-state index in [1.165, 1.54) is 0 Å². The lowest BCUT2D eigenvalue weighted by Gasteiger charge is -2.04. The minimum absolute atomic E-state index is 0.294. The minimum Gasteiger partial charge on any atom is -0.485 e. The molecule has 0 fully saturated rings. The summed E-state index contributed by atoms with van der Waals surface area (Å²) in [4.78, 5) is 4.24. The normalized spacial score (nSPS) is 10.6. The van der Waals surface area contributed by atoms with Gasteiger partial charge in [0.25, 0.3) is 0 Å². The second-order valence-corrected chi connectivity index (χ2v) is 3.47. The summed E-state index contributed by atoms with van der Waals surface area (Å²) in [6.07, 6.45) is 1.77. The third-order valence-electron chi connectivity index (χ3n) is 2.33. The maximum absolute atomic E-state index is 5.55. The van der Waals surface area contributed by atoms with E-state index in [0.717, 1.165) is 16.7 Å². The monoisotopic (exact) mass is 227 g/mol. The number of aromatic amines is 1. The zero-order chi connectivity index (χ0) is 11.5. The fourth-order valence-corrected chi connectivity index (χ4v) is 1.54. The molecule has 0 unspecified atom stereocenters. The lowest BCUT2D eigenvalue weighted by Crippen LogP contribution is -1.97. The predicted molar refractivity (Wildman–Crippen MR) is 60.3 cm³/mol. The fraction of sp³-hybridized carbons (Fsp3) is 0.0909. The van der Waals surface area contributed by atoms with Crippen LogP contribution in [0.15, 0.2) is 36.5 Å². The van der Waals surface area contributed by atoms with Gasteiger partial charge in [0.1, 0.15) is 5.75 Å². The Hall–Kier alpha value is -2.50. The molecule has 0 radical (unpaired) electrons. The van der Waals surface area contributed by atoms with Crippen molar-refractivity contribution in [1.82, 2.24) is 25.6 Å². The van der Waals surface area contributed by atoms with Gasteiger partial charge in [-0.05, 0) is 24.3 Å². The van der Waals surface area contributed by atoms with Crippen LogP contribution in [-0.2, 0) is 6.61 Å². The van der Waals surface area contributed by atoms with Crippen LogP contribution in [0.4, 0.5) is 0 Å². The Kier molecular flexibility index (Phi) is 2.38. The summed E-state index contributed by atoms with van der Waals surface area (Å²) in [5.41, 5.74) is 0.944. The number of tetrazole rings is 1. The topological polar surface area (TPSA) is 76.6 Å². The smallest absolute Gasteiger partial charge is 0.211 e. The Morgan fingerprint density at radius 1 is 1.24 bits per heavy atom. The van der Waals surface area contributed by atoms with Crippen LogP contribution >= 0.6 is 0 Å². The molecule has 0 aliphatic rings. The van der Waals surface area contributed by atoms with Crippen LogP contribution in [-0.4, -0.2) is 25.6 Å². The Balaban J connectivity index is 1.81. The average Bonchev–Trinajstić information content (AvgIpc) is 2.89. The molecule has 3 aromatic rings. The lowest BCUT2D eigenvalue weighted by atomic mass is 10.2. The van der Waals surface area contributed by atoms with Gasteiger partial charge in [0.2, 0.25) is 5.82 Å². The van der Waals surface area contributed by atoms with Gasteiger partial charge in [-0.3, -0.25) is 4.98 Å². The van der Waals surface area contributed by atoms with Crippen molar-refractivity contribution in [3.05, 3.63) is 42.4 Å². The molecule has 17 heavy (non-hydrogen) atoms. The summed E-state index contributed by atoms with van der Waals surface area (Å²) in [6, 6.07) is 9.60. The Labute approximate surface area is 96.6 Å². The van der Waals surface area contributed by atoms with Crippen molar-refractivity contribution >= 4 is 10.9 Å². The fourth-order valence-electron chi connectivity index (χ4n) is 1.54. The van der Waals surface area contributed by atoms with Crippen LogP contribution in [0.3, 0.4) is 0 Å². The summed E-state index contributed by atoms with van der Waals surface area (Å²) < 4.78 is 5.55. The van der Waals surface area contributed by atoms with Crippen LogP contribution < -0.4 is 4.74 Å². The second kappa shape index (κ2) is 4.17. The molecule has 6 nitrogen and oxygen atoms in total. The number of aromatic nitrogens is 5. The first-order valence-corrected chi connectivity index (χ1v) is 5.12. The Bertz CT molecular complexity index is 623. The third kappa shape index (κ3) is 2.05. The highest BCUT2D eigenvalue weighted by Gasteiger charge is 2.01. The molecular formula is C11H9N5O. The van der Waals surface area contributed by atoms with Gasteiger partial charge in [0, 0.05) is 11.6 Å². The SMILES string of the molecule is c1cnc2ccc(OCc3nn[nH]n3)cc2c1. The summed E-state index contributed by atoms with van der Waals surface area (Å²) in [6.45, 7) is 0.294. The van der Waals surface area contributed by atoms with E-state index in [4.69, 9.17) is 4.74 Å². The maximum atomic E-state index is 5.55. The number of hydrogen-bond acceptors (Lipinski definition) is 5. The van der Waals surface area contributed by atoms with Crippen LogP contribution in [0.5, 0.6) is 5.75 Å². The molecule has 2 aromatic heterocycles. The van der Waals surface area contributed by atoms with E-state index < -0.39 is 0 Å². The number of H-pyrrole nitrogens is 1. The summed E-state index contributed by atoms with van der Waals surface area (Å²) >= 11 is 0. The van der Waals surface area contributed by atoms with Crippen molar-refractivity contribution in [3.63, 3.8) is 0 Å². The maximum Gasteiger partial charge on any atom is 0.211 e. The van der Waals surface area contributed by atoms with Gasteiger partial charge >= 0.3 is 0 Å². The predicted octanol–water partition coefficient (Wildman–Crippen LogP) is 1.33. The largest absolute Gasteiger partial charge is 0.485 e. The first kappa shape index (κ1) is 9.71. The first-order valence-electron chi connectivity index (χ1n) is 5.12. The van der Waals surface area contributed by atoms with Crippen molar-refractivity contribution in [2.75, 3.05) is 0 Å². The quantitative estimate of drug-likeness (QED) is 0.730. The number of hydrogen-bond donors (Lipinski definition) is 1. The van der Waals surface area contributed by atoms with Gasteiger partial charge in [-0.1, -0.05) is 11.3 Å². The van der Waals surface area contributed by atoms with Crippen LogP contribution in [0.25, 0.3) is 10.9 Å². The molecule has 6 heteroatoms. The molecule has 0 saturated heterocycles. The average molecular weight is 227 g/mol. The molecule has 3 rings (SSSR count). The van der Waals surface area contributed by atoms with Crippen molar-refractivity contribution in [3.8, 4) is 5.75 Å². The van der Waals surface area contributed by atoms with E-state index in [2.05, 4.69) is 25.6 Å². The zero-order valence-electron chi connectivity index (χ0n) is 8.87. The second-order valence-electron chi connectivity index (χ2n) is 3.47. The molecule has 84 valence electrons. The summed E-state index contributed by atoms with van der Waals surface area (Å²) in [5.74, 6) is 1.28. The van der Waals surface area contributed by atoms with Crippen LogP contribution in [0.2, 0.25) is 0 Å². The molecule has 0 aliphatic heterocycles. The molecule has 1 aromatic carbocycles. The number of pyridine rings is 1. The van der Waals surface area contributed by atoms with Crippen molar-refractivity contribution < 1.29 is 4.74 Å². The minimum atomic E-state index is 0.294. The van der Waals surface area contributed by atoms with E-state index in [0.29, 0.717) is 12.4 Å². The number of nitrogens with one attached hydrogen (secondary N) is 1. The Morgan fingerprint density at radius 2 is 2.24 bits per heavy atom. The van der Waals surface area contributed by atoms with Gasteiger partial charge in [0.15, 0.2) is 6.61 Å². The number of rotatable bonds is 3. The van der Waals surface area contributed by atoms with Gasteiger partial charge in [-0.2, -0.15) is 5.21 Å². The van der Waals surface area contributed by atoms with Gasteiger partial charge < -0.3 is 4.74 Å². The van der Waals surface area contributed by atoms with E-state index in [1.807, 2.05) is 30.3 Å². The van der Waals surface area contributed by atoms with Gasteiger partial charge in [-0.25, -0.2) is 0 Å².